The monoisotopic (exact) mass is 297 g/mol. The minimum absolute atomic E-state index is 0.0410. The molecule has 1 aromatic carbocycles. The second-order valence-electron chi connectivity index (χ2n) is 5.15. The van der Waals surface area contributed by atoms with Gasteiger partial charge >= 0.3 is 0 Å². The second-order valence-corrected chi connectivity index (χ2v) is 5.56. The molecule has 6 heteroatoms. The number of nitro groups is 1. The summed E-state index contributed by atoms with van der Waals surface area (Å²) >= 11 is 6.14. The molecule has 2 rings (SSSR count). The van der Waals surface area contributed by atoms with Crippen LogP contribution in [-0.2, 0) is 6.54 Å². The van der Waals surface area contributed by atoms with Crippen LogP contribution in [0.2, 0.25) is 5.02 Å². The first-order chi connectivity index (χ1) is 9.60. The smallest absolute Gasteiger partial charge is 0.270 e. The fraction of sp³-hybridized carbons (Fsp3) is 0.571. The normalized spacial score (nSPS) is 18.6. The van der Waals surface area contributed by atoms with Gasteiger partial charge in [0.05, 0.1) is 9.95 Å². The molecule has 1 aromatic rings. The zero-order chi connectivity index (χ0) is 14.5. The van der Waals surface area contributed by atoms with Gasteiger partial charge in [0.1, 0.15) is 0 Å². The summed E-state index contributed by atoms with van der Waals surface area (Å²) in [4.78, 5) is 12.6. The molecule has 5 nitrogen and oxygen atoms in total. The quantitative estimate of drug-likeness (QED) is 0.648. The van der Waals surface area contributed by atoms with Gasteiger partial charge in [-0.3, -0.25) is 15.0 Å². The molecule has 1 N–H and O–H groups in total. The van der Waals surface area contributed by atoms with Gasteiger partial charge < -0.3 is 5.32 Å². The third-order valence-electron chi connectivity index (χ3n) is 3.73. The summed E-state index contributed by atoms with van der Waals surface area (Å²) < 4.78 is 0. The molecule has 0 aromatic heterocycles. The molecule has 0 bridgehead atoms. The summed E-state index contributed by atoms with van der Waals surface area (Å²) in [6.07, 6.45) is 2.45. The number of likely N-dealkylation sites (N-methyl/N-ethyl adjacent to an activating group) is 1. The van der Waals surface area contributed by atoms with Crippen molar-refractivity contribution < 1.29 is 4.92 Å². The van der Waals surface area contributed by atoms with E-state index >= 15 is 0 Å². The van der Waals surface area contributed by atoms with Crippen LogP contribution in [0.15, 0.2) is 18.2 Å². The van der Waals surface area contributed by atoms with E-state index in [-0.39, 0.29) is 5.69 Å². The number of nitrogens with one attached hydrogen (secondary N) is 1. The molecule has 1 aliphatic rings. The highest BCUT2D eigenvalue weighted by atomic mass is 35.5. The van der Waals surface area contributed by atoms with Crippen LogP contribution in [0.5, 0.6) is 0 Å². The highest BCUT2D eigenvalue weighted by Gasteiger charge is 2.18. The number of hydrogen-bond donors (Lipinski definition) is 1. The number of non-ortho nitro benzene ring substituents is 1. The van der Waals surface area contributed by atoms with Crippen molar-refractivity contribution in [2.24, 2.45) is 0 Å². The number of rotatable bonds is 6. The van der Waals surface area contributed by atoms with E-state index in [1.807, 2.05) is 0 Å². The van der Waals surface area contributed by atoms with E-state index in [4.69, 9.17) is 11.6 Å². The van der Waals surface area contributed by atoms with E-state index in [1.54, 1.807) is 6.07 Å². The first-order valence-corrected chi connectivity index (χ1v) is 7.36. The second kappa shape index (κ2) is 7.02. The van der Waals surface area contributed by atoms with Gasteiger partial charge in [-0.05, 0) is 37.6 Å². The summed E-state index contributed by atoms with van der Waals surface area (Å²) in [5, 5.41) is 14.7. The van der Waals surface area contributed by atoms with Crippen molar-refractivity contribution >= 4 is 17.3 Å². The molecule has 1 aliphatic heterocycles. The van der Waals surface area contributed by atoms with Gasteiger partial charge in [-0.25, -0.2) is 0 Å². The van der Waals surface area contributed by atoms with Crippen LogP contribution < -0.4 is 5.32 Å². The Balaban J connectivity index is 2.01. The van der Waals surface area contributed by atoms with Crippen molar-refractivity contribution in [2.75, 3.05) is 19.6 Å². The topological polar surface area (TPSA) is 58.4 Å². The van der Waals surface area contributed by atoms with Crippen LogP contribution in [-0.4, -0.2) is 35.5 Å². The molecular formula is C14H20ClN3O2. The molecular weight excluding hydrogens is 278 g/mol. The van der Waals surface area contributed by atoms with E-state index < -0.39 is 4.92 Å². The number of hydrogen-bond acceptors (Lipinski definition) is 4. The maximum atomic E-state index is 10.7. The number of nitrogens with zero attached hydrogens (tertiary/aromatic N) is 2. The predicted molar refractivity (Wildman–Crippen MR) is 80.1 cm³/mol. The standard InChI is InChI=1S/C14H20ClN3O2/c1-2-17(10-12-4-3-7-16-12)9-11-5-6-13(18(19)20)8-14(11)15/h5-6,8,12,16H,2-4,7,9-10H2,1H3. The summed E-state index contributed by atoms with van der Waals surface area (Å²) in [6, 6.07) is 5.25. The van der Waals surface area contributed by atoms with Crippen molar-refractivity contribution in [3.05, 3.63) is 38.9 Å². The lowest BCUT2D eigenvalue weighted by molar-refractivity contribution is -0.384. The molecule has 0 saturated carbocycles. The van der Waals surface area contributed by atoms with E-state index in [1.165, 1.54) is 25.0 Å². The lowest BCUT2D eigenvalue weighted by Gasteiger charge is -2.24. The van der Waals surface area contributed by atoms with Crippen LogP contribution in [0.1, 0.15) is 25.3 Å². The lowest BCUT2D eigenvalue weighted by atomic mass is 10.1. The SMILES string of the molecule is CCN(Cc1ccc([N+](=O)[O-])cc1Cl)CC1CCCN1. The molecule has 1 unspecified atom stereocenters. The molecule has 0 spiro atoms. The maximum Gasteiger partial charge on any atom is 0.270 e. The van der Waals surface area contributed by atoms with Crippen LogP contribution >= 0.6 is 11.6 Å². The van der Waals surface area contributed by atoms with Crippen molar-refractivity contribution in [3.8, 4) is 0 Å². The summed E-state index contributed by atoms with van der Waals surface area (Å²) in [5.74, 6) is 0. The minimum atomic E-state index is -0.421. The molecule has 1 heterocycles. The van der Waals surface area contributed by atoms with Gasteiger partial charge in [0, 0.05) is 31.3 Å². The average molecular weight is 298 g/mol. The number of benzene rings is 1. The minimum Gasteiger partial charge on any atom is -0.313 e. The Morgan fingerprint density at radius 1 is 1.55 bits per heavy atom. The van der Waals surface area contributed by atoms with Crippen LogP contribution in [0.3, 0.4) is 0 Å². The Kier molecular flexibility index (Phi) is 5.34. The van der Waals surface area contributed by atoms with Crippen molar-refractivity contribution in [2.45, 2.75) is 32.4 Å². The van der Waals surface area contributed by atoms with E-state index in [9.17, 15) is 10.1 Å². The lowest BCUT2D eigenvalue weighted by Crippen LogP contribution is -2.37. The summed E-state index contributed by atoms with van der Waals surface area (Å²) in [5.41, 5.74) is 0.983. The highest BCUT2D eigenvalue weighted by Crippen LogP contribution is 2.24. The van der Waals surface area contributed by atoms with Crippen molar-refractivity contribution in [1.29, 1.82) is 0 Å². The van der Waals surface area contributed by atoms with Crippen LogP contribution in [0.25, 0.3) is 0 Å². The van der Waals surface area contributed by atoms with E-state index in [0.29, 0.717) is 11.1 Å². The van der Waals surface area contributed by atoms with Crippen LogP contribution in [0.4, 0.5) is 5.69 Å². The van der Waals surface area contributed by atoms with Gasteiger partial charge in [-0.1, -0.05) is 18.5 Å². The zero-order valence-electron chi connectivity index (χ0n) is 11.6. The Morgan fingerprint density at radius 3 is 2.90 bits per heavy atom. The average Bonchev–Trinajstić information content (AvgIpc) is 2.92. The molecule has 1 fully saturated rings. The molecule has 1 saturated heterocycles. The molecule has 0 amide bonds. The summed E-state index contributed by atoms with van der Waals surface area (Å²) in [6.45, 7) is 5.87. The Morgan fingerprint density at radius 2 is 2.35 bits per heavy atom. The van der Waals surface area contributed by atoms with Crippen LogP contribution in [0, 0.1) is 10.1 Å². The molecule has 110 valence electrons. The summed E-state index contributed by atoms with van der Waals surface area (Å²) in [7, 11) is 0. The fourth-order valence-corrected chi connectivity index (χ4v) is 2.78. The number of nitro benzene ring substituents is 1. The Labute approximate surface area is 124 Å². The van der Waals surface area contributed by atoms with Crippen molar-refractivity contribution in [1.82, 2.24) is 10.2 Å². The third-order valence-corrected chi connectivity index (χ3v) is 4.08. The molecule has 20 heavy (non-hydrogen) atoms. The first kappa shape index (κ1) is 15.2. The number of halogens is 1. The van der Waals surface area contributed by atoms with Gasteiger partial charge in [0.15, 0.2) is 0 Å². The first-order valence-electron chi connectivity index (χ1n) is 6.98. The zero-order valence-corrected chi connectivity index (χ0v) is 12.4. The fourth-order valence-electron chi connectivity index (χ4n) is 2.55. The largest absolute Gasteiger partial charge is 0.313 e. The molecule has 0 radical (unpaired) electrons. The van der Waals surface area contributed by atoms with Crippen molar-refractivity contribution in [3.63, 3.8) is 0 Å². The van der Waals surface area contributed by atoms with E-state index in [2.05, 4.69) is 17.1 Å². The Bertz CT molecular complexity index is 475. The molecule has 1 atom stereocenters. The highest BCUT2D eigenvalue weighted by molar-refractivity contribution is 6.31. The van der Waals surface area contributed by atoms with Gasteiger partial charge in [0.2, 0.25) is 0 Å². The van der Waals surface area contributed by atoms with Gasteiger partial charge in [-0.15, -0.1) is 0 Å². The van der Waals surface area contributed by atoms with Gasteiger partial charge in [-0.2, -0.15) is 0 Å². The maximum absolute atomic E-state index is 10.7. The van der Waals surface area contributed by atoms with E-state index in [0.717, 1.165) is 31.7 Å². The predicted octanol–water partition coefficient (Wildman–Crippen LogP) is 2.82. The third kappa shape index (κ3) is 3.91. The Hall–Kier alpha value is -1.17. The molecule has 0 aliphatic carbocycles. The van der Waals surface area contributed by atoms with Gasteiger partial charge in [0.25, 0.3) is 5.69 Å².